The van der Waals surface area contributed by atoms with Gasteiger partial charge in [-0.25, -0.2) is 0 Å². The van der Waals surface area contributed by atoms with Gasteiger partial charge < -0.3 is 25.8 Å². The zero-order chi connectivity index (χ0) is 13.9. The standard InChI is InChI=1S/C11H23BN2O4/c1-14(2)9-4-3-8(5-6-12(17)18)7-11(9,13)10(15)16/h8-9,17-18H,3-7,13H2,1-2H3,(H,15,16). The number of carboxylic acid groups (broad SMARTS) is 1. The second kappa shape index (κ2) is 6.01. The second-order valence-corrected chi connectivity index (χ2v) is 5.53. The quantitative estimate of drug-likeness (QED) is 0.489. The molecule has 18 heavy (non-hydrogen) atoms. The van der Waals surface area contributed by atoms with Crippen LogP contribution in [0.3, 0.4) is 0 Å². The molecule has 0 aliphatic heterocycles. The number of aliphatic carboxylic acids is 1. The molecule has 5 N–H and O–H groups in total. The van der Waals surface area contributed by atoms with Gasteiger partial charge in [0.15, 0.2) is 0 Å². The molecule has 0 saturated heterocycles. The van der Waals surface area contributed by atoms with Crippen molar-refractivity contribution in [2.45, 2.75) is 43.6 Å². The molecule has 1 aliphatic carbocycles. The lowest BCUT2D eigenvalue weighted by Crippen LogP contribution is -2.64. The van der Waals surface area contributed by atoms with E-state index >= 15 is 0 Å². The van der Waals surface area contributed by atoms with Gasteiger partial charge in [0.25, 0.3) is 0 Å². The summed E-state index contributed by atoms with van der Waals surface area (Å²) in [5, 5.41) is 27.1. The van der Waals surface area contributed by atoms with Gasteiger partial charge in [0.1, 0.15) is 5.54 Å². The highest BCUT2D eigenvalue weighted by atomic mass is 16.4. The zero-order valence-corrected chi connectivity index (χ0v) is 11.0. The second-order valence-electron chi connectivity index (χ2n) is 5.53. The van der Waals surface area contributed by atoms with E-state index in [4.69, 9.17) is 15.8 Å². The van der Waals surface area contributed by atoms with E-state index in [1.54, 1.807) is 0 Å². The van der Waals surface area contributed by atoms with Crippen LogP contribution in [0.1, 0.15) is 25.7 Å². The van der Waals surface area contributed by atoms with Gasteiger partial charge in [-0.3, -0.25) is 4.79 Å². The van der Waals surface area contributed by atoms with E-state index in [1.807, 2.05) is 19.0 Å². The van der Waals surface area contributed by atoms with Crippen LogP contribution < -0.4 is 5.73 Å². The van der Waals surface area contributed by atoms with Crippen molar-refractivity contribution in [3.8, 4) is 0 Å². The molecule has 1 aliphatic rings. The van der Waals surface area contributed by atoms with Gasteiger partial charge in [0.2, 0.25) is 0 Å². The SMILES string of the molecule is CN(C)C1CCC(CCB(O)O)CC1(N)C(=O)O. The number of carboxylic acids is 1. The summed E-state index contributed by atoms with van der Waals surface area (Å²) in [6, 6.07) is -0.176. The number of nitrogens with two attached hydrogens (primary N) is 1. The third-order valence-electron chi connectivity index (χ3n) is 3.92. The van der Waals surface area contributed by atoms with Crippen LogP contribution in [0.15, 0.2) is 0 Å². The highest BCUT2D eigenvalue weighted by Gasteiger charge is 2.47. The summed E-state index contributed by atoms with van der Waals surface area (Å²) in [5.74, 6) is -0.834. The molecule has 0 amide bonds. The Hall–Kier alpha value is -0.625. The zero-order valence-electron chi connectivity index (χ0n) is 11.0. The van der Waals surface area contributed by atoms with Crippen molar-refractivity contribution in [1.82, 2.24) is 4.90 Å². The Morgan fingerprint density at radius 2 is 2.06 bits per heavy atom. The summed E-state index contributed by atoms with van der Waals surface area (Å²) in [6.45, 7) is 0. The summed E-state index contributed by atoms with van der Waals surface area (Å²) in [5.41, 5.74) is 4.83. The number of rotatable bonds is 5. The van der Waals surface area contributed by atoms with Crippen LogP contribution in [0.4, 0.5) is 0 Å². The minimum absolute atomic E-state index is 0.143. The van der Waals surface area contributed by atoms with E-state index in [0.29, 0.717) is 12.8 Å². The van der Waals surface area contributed by atoms with Crippen molar-refractivity contribution in [1.29, 1.82) is 0 Å². The molecule has 7 heteroatoms. The molecular formula is C11H23BN2O4. The third-order valence-corrected chi connectivity index (χ3v) is 3.92. The van der Waals surface area contributed by atoms with Gasteiger partial charge >= 0.3 is 13.1 Å². The third kappa shape index (κ3) is 3.44. The van der Waals surface area contributed by atoms with Crippen molar-refractivity contribution in [2.24, 2.45) is 11.7 Å². The molecule has 0 aromatic rings. The number of nitrogens with zero attached hydrogens (tertiary/aromatic N) is 1. The lowest BCUT2D eigenvalue weighted by atomic mass is 9.68. The first kappa shape index (κ1) is 15.4. The van der Waals surface area contributed by atoms with Gasteiger partial charge in [-0.2, -0.15) is 0 Å². The fraction of sp³-hybridized carbons (Fsp3) is 0.909. The molecule has 1 saturated carbocycles. The molecule has 0 aromatic carbocycles. The van der Waals surface area contributed by atoms with Gasteiger partial charge in [0, 0.05) is 6.04 Å². The normalized spacial score (nSPS) is 32.6. The summed E-state index contributed by atoms with van der Waals surface area (Å²) in [6.07, 6.45) is 2.86. The first-order valence-corrected chi connectivity index (χ1v) is 6.32. The van der Waals surface area contributed by atoms with Gasteiger partial charge in [-0.1, -0.05) is 6.42 Å². The van der Waals surface area contributed by atoms with Crippen molar-refractivity contribution in [3.63, 3.8) is 0 Å². The topological polar surface area (TPSA) is 107 Å². The van der Waals surface area contributed by atoms with Crippen LogP contribution in [0, 0.1) is 5.92 Å². The number of hydrogen-bond donors (Lipinski definition) is 4. The minimum atomic E-state index is -1.33. The smallest absolute Gasteiger partial charge is 0.451 e. The average molecular weight is 258 g/mol. The van der Waals surface area contributed by atoms with Gasteiger partial charge in [0.05, 0.1) is 0 Å². The van der Waals surface area contributed by atoms with Crippen LogP contribution in [0.5, 0.6) is 0 Å². The lowest BCUT2D eigenvalue weighted by molar-refractivity contribution is -0.148. The van der Waals surface area contributed by atoms with Gasteiger partial charge in [-0.15, -0.1) is 0 Å². The molecule has 0 radical (unpaired) electrons. The van der Waals surface area contributed by atoms with Crippen LogP contribution in [0.25, 0.3) is 0 Å². The Balaban J connectivity index is 2.71. The summed E-state index contributed by atoms with van der Waals surface area (Å²) < 4.78 is 0. The number of hydrogen-bond acceptors (Lipinski definition) is 5. The first-order valence-electron chi connectivity index (χ1n) is 6.32. The highest BCUT2D eigenvalue weighted by molar-refractivity contribution is 6.40. The van der Waals surface area contributed by atoms with Crippen LogP contribution in [-0.4, -0.2) is 58.8 Å². The minimum Gasteiger partial charge on any atom is -0.480 e. The maximum Gasteiger partial charge on any atom is 0.451 e. The maximum atomic E-state index is 11.4. The first-order chi connectivity index (χ1) is 8.27. The molecule has 6 nitrogen and oxygen atoms in total. The molecule has 104 valence electrons. The number of carbonyl (C=O) groups is 1. The van der Waals surface area contributed by atoms with E-state index < -0.39 is 18.6 Å². The Morgan fingerprint density at radius 1 is 1.44 bits per heavy atom. The average Bonchev–Trinajstić information content (AvgIpc) is 2.25. The molecule has 3 unspecified atom stereocenters. The summed E-state index contributed by atoms with van der Waals surface area (Å²) in [7, 11) is 2.36. The van der Waals surface area contributed by atoms with E-state index in [2.05, 4.69) is 0 Å². The monoisotopic (exact) mass is 258 g/mol. The van der Waals surface area contributed by atoms with E-state index in [0.717, 1.165) is 12.8 Å². The molecular weight excluding hydrogens is 235 g/mol. The molecule has 1 rings (SSSR count). The summed E-state index contributed by atoms with van der Waals surface area (Å²) >= 11 is 0. The van der Waals surface area contributed by atoms with E-state index in [1.165, 1.54) is 0 Å². The van der Waals surface area contributed by atoms with Crippen LogP contribution in [-0.2, 0) is 4.79 Å². The van der Waals surface area contributed by atoms with E-state index in [-0.39, 0.29) is 18.3 Å². The van der Waals surface area contributed by atoms with Crippen molar-refractivity contribution < 1.29 is 19.9 Å². The van der Waals surface area contributed by atoms with Gasteiger partial charge in [-0.05, 0) is 45.6 Å². The van der Waals surface area contributed by atoms with Crippen molar-refractivity contribution in [2.75, 3.05) is 14.1 Å². The molecule has 1 fully saturated rings. The Kier molecular flexibility index (Phi) is 5.15. The maximum absolute atomic E-state index is 11.4. The Bertz CT molecular complexity index is 301. The molecule has 0 bridgehead atoms. The van der Waals surface area contributed by atoms with Crippen molar-refractivity contribution in [3.05, 3.63) is 0 Å². The van der Waals surface area contributed by atoms with Crippen LogP contribution >= 0.6 is 0 Å². The lowest BCUT2D eigenvalue weighted by Gasteiger charge is -2.44. The highest BCUT2D eigenvalue weighted by Crippen LogP contribution is 2.36. The molecule has 3 atom stereocenters. The largest absolute Gasteiger partial charge is 0.480 e. The van der Waals surface area contributed by atoms with Crippen LogP contribution in [0.2, 0.25) is 6.32 Å². The Morgan fingerprint density at radius 3 is 2.50 bits per heavy atom. The number of likely N-dealkylation sites (N-methyl/N-ethyl adjacent to an activating group) is 1. The van der Waals surface area contributed by atoms with E-state index in [9.17, 15) is 9.90 Å². The predicted octanol–water partition coefficient (Wildman–Crippen LogP) is -0.638. The molecule has 0 spiro atoms. The summed E-state index contributed by atoms with van der Waals surface area (Å²) in [4.78, 5) is 13.3. The predicted molar refractivity (Wildman–Crippen MR) is 69.0 cm³/mol. The molecule has 0 aromatic heterocycles. The molecule has 0 heterocycles. The van der Waals surface area contributed by atoms with Crippen molar-refractivity contribution >= 4 is 13.1 Å². The fourth-order valence-electron chi connectivity index (χ4n) is 2.95. The Labute approximate surface area is 108 Å². The fourth-order valence-corrected chi connectivity index (χ4v) is 2.95.